The minimum Gasteiger partial charge on any atom is -0.407 e. The molecule has 2 unspecified atom stereocenters. The van der Waals surface area contributed by atoms with E-state index >= 15 is 0 Å². The van der Waals surface area contributed by atoms with Crippen LogP contribution in [0.5, 0.6) is 0 Å². The van der Waals surface area contributed by atoms with Gasteiger partial charge in [-0.2, -0.15) is 4.68 Å². The normalized spacial score (nSPS) is 18.9. The summed E-state index contributed by atoms with van der Waals surface area (Å²) in [5, 5.41) is 4.53. The van der Waals surface area contributed by atoms with E-state index in [1.165, 1.54) is 35.0 Å². The molecule has 164 valence electrons. The Hall–Kier alpha value is -2.65. The second-order valence-electron chi connectivity index (χ2n) is 9.45. The van der Waals surface area contributed by atoms with Crippen molar-refractivity contribution >= 4 is 8.32 Å². The standard InChI is InChI=1S/C22H26F2N4O2Si/c1-22(2,3)31(4,5)30-19-11-18(14-10-16(24)13-25-12-14)27-20(19)26-28(21(27)29)17-8-6-15(23)7-9-17/h6-10,12-13,18-19H,11H2,1-5H3. The minimum atomic E-state index is -2.18. The van der Waals surface area contributed by atoms with Gasteiger partial charge in [0.05, 0.1) is 17.9 Å². The quantitative estimate of drug-likeness (QED) is 0.544. The summed E-state index contributed by atoms with van der Waals surface area (Å²) in [4.78, 5) is 17.3. The van der Waals surface area contributed by atoms with Gasteiger partial charge in [0, 0.05) is 12.6 Å². The van der Waals surface area contributed by atoms with Gasteiger partial charge in [0.25, 0.3) is 0 Å². The molecule has 4 rings (SSSR count). The number of nitrogens with zero attached hydrogens (tertiary/aromatic N) is 4. The monoisotopic (exact) mass is 444 g/mol. The smallest absolute Gasteiger partial charge is 0.351 e. The maximum Gasteiger partial charge on any atom is 0.351 e. The van der Waals surface area contributed by atoms with E-state index in [1.807, 2.05) is 0 Å². The van der Waals surface area contributed by atoms with Crippen LogP contribution >= 0.6 is 0 Å². The Kier molecular flexibility index (Phi) is 5.21. The zero-order valence-electron chi connectivity index (χ0n) is 18.3. The van der Waals surface area contributed by atoms with Gasteiger partial charge in [0.15, 0.2) is 14.1 Å². The third-order valence-electron chi connectivity index (χ3n) is 6.30. The van der Waals surface area contributed by atoms with Crippen molar-refractivity contribution in [3.05, 3.63) is 76.2 Å². The largest absolute Gasteiger partial charge is 0.407 e. The summed E-state index contributed by atoms with van der Waals surface area (Å²) in [7, 11) is -2.18. The Morgan fingerprint density at radius 3 is 2.39 bits per heavy atom. The summed E-state index contributed by atoms with van der Waals surface area (Å²) in [6.45, 7) is 10.7. The number of pyridine rings is 1. The van der Waals surface area contributed by atoms with E-state index in [0.29, 0.717) is 23.5 Å². The zero-order valence-corrected chi connectivity index (χ0v) is 19.3. The molecule has 0 amide bonds. The van der Waals surface area contributed by atoms with Crippen LogP contribution in [0.1, 0.15) is 50.7 Å². The molecule has 0 spiro atoms. The number of aromatic nitrogens is 4. The molecular formula is C22H26F2N4O2Si. The lowest BCUT2D eigenvalue weighted by Crippen LogP contribution is -2.41. The van der Waals surface area contributed by atoms with Crippen LogP contribution in [-0.2, 0) is 4.43 Å². The summed E-state index contributed by atoms with van der Waals surface area (Å²) in [5.41, 5.74) is 0.663. The molecule has 3 aromatic rings. The molecule has 1 aliphatic rings. The fourth-order valence-electron chi connectivity index (χ4n) is 3.60. The average molecular weight is 445 g/mol. The summed E-state index contributed by atoms with van der Waals surface area (Å²) >= 11 is 0. The SMILES string of the molecule is CC(C)(C)[Si](C)(C)OC1CC(c2cncc(F)c2)n2c1nn(-c1ccc(F)cc1)c2=O. The first-order chi connectivity index (χ1) is 14.5. The molecule has 1 aliphatic heterocycles. The van der Waals surface area contributed by atoms with Gasteiger partial charge in [0.2, 0.25) is 0 Å². The molecule has 9 heteroatoms. The van der Waals surface area contributed by atoms with Gasteiger partial charge < -0.3 is 4.43 Å². The average Bonchev–Trinajstić information content (AvgIpc) is 3.20. The lowest BCUT2D eigenvalue weighted by Gasteiger charge is -2.38. The second-order valence-corrected chi connectivity index (χ2v) is 14.2. The summed E-state index contributed by atoms with van der Waals surface area (Å²) in [6.07, 6.45) is 2.75. The van der Waals surface area contributed by atoms with Crippen molar-refractivity contribution in [1.29, 1.82) is 0 Å². The first kappa shape index (κ1) is 21.6. The van der Waals surface area contributed by atoms with Crippen LogP contribution < -0.4 is 5.69 Å². The van der Waals surface area contributed by atoms with E-state index < -0.39 is 32.1 Å². The van der Waals surface area contributed by atoms with Crippen LogP contribution in [0.2, 0.25) is 18.1 Å². The number of fused-ring (bicyclic) bond motifs is 1. The number of rotatable bonds is 4. The van der Waals surface area contributed by atoms with Gasteiger partial charge in [-0.05, 0) is 54.0 Å². The fourth-order valence-corrected chi connectivity index (χ4v) is 4.87. The molecule has 0 fully saturated rings. The van der Waals surface area contributed by atoms with Crippen LogP contribution in [0, 0.1) is 11.6 Å². The van der Waals surface area contributed by atoms with Crippen molar-refractivity contribution in [3.63, 3.8) is 0 Å². The number of hydrogen-bond donors (Lipinski definition) is 0. The third-order valence-corrected chi connectivity index (χ3v) is 10.8. The van der Waals surface area contributed by atoms with Crippen molar-refractivity contribution in [2.75, 3.05) is 0 Å². The second kappa shape index (κ2) is 7.49. The number of hydrogen-bond acceptors (Lipinski definition) is 4. The van der Waals surface area contributed by atoms with Crippen LogP contribution in [0.4, 0.5) is 8.78 Å². The zero-order chi connectivity index (χ0) is 22.6. The van der Waals surface area contributed by atoms with Gasteiger partial charge in [-0.15, -0.1) is 5.10 Å². The van der Waals surface area contributed by atoms with Crippen LogP contribution in [-0.4, -0.2) is 27.6 Å². The number of benzene rings is 1. The van der Waals surface area contributed by atoms with Crippen LogP contribution in [0.25, 0.3) is 5.69 Å². The molecule has 0 saturated carbocycles. The van der Waals surface area contributed by atoms with E-state index in [4.69, 9.17) is 4.43 Å². The van der Waals surface area contributed by atoms with Gasteiger partial charge in [-0.25, -0.2) is 13.6 Å². The van der Waals surface area contributed by atoms with E-state index in [-0.39, 0.29) is 10.7 Å². The molecule has 3 heterocycles. The molecule has 1 aromatic carbocycles. The van der Waals surface area contributed by atoms with Crippen molar-refractivity contribution in [3.8, 4) is 5.69 Å². The highest BCUT2D eigenvalue weighted by Crippen LogP contribution is 2.45. The van der Waals surface area contributed by atoms with E-state index in [0.717, 1.165) is 6.20 Å². The maximum absolute atomic E-state index is 13.9. The van der Waals surface area contributed by atoms with Gasteiger partial charge in [0.1, 0.15) is 17.7 Å². The van der Waals surface area contributed by atoms with Crippen molar-refractivity contribution in [1.82, 2.24) is 19.3 Å². The van der Waals surface area contributed by atoms with Crippen LogP contribution in [0.15, 0.2) is 47.5 Å². The predicted octanol–water partition coefficient (Wildman–Crippen LogP) is 4.76. The Morgan fingerprint density at radius 2 is 1.77 bits per heavy atom. The molecular weight excluding hydrogens is 418 g/mol. The van der Waals surface area contributed by atoms with Gasteiger partial charge in [-0.3, -0.25) is 9.55 Å². The molecule has 0 saturated heterocycles. The lowest BCUT2D eigenvalue weighted by atomic mass is 10.1. The van der Waals surface area contributed by atoms with Crippen molar-refractivity contribution < 1.29 is 13.2 Å². The highest BCUT2D eigenvalue weighted by molar-refractivity contribution is 6.74. The molecule has 0 N–H and O–H groups in total. The van der Waals surface area contributed by atoms with Crippen molar-refractivity contribution in [2.24, 2.45) is 0 Å². The van der Waals surface area contributed by atoms with Gasteiger partial charge >= 0.3 is 5.69 Å². The molecule has 2 atom stereocenters. The molecule has 31 heavy (non-hydrogen) atoms. The Labute approximate surface area is 180 Å². The van der Waals surface area contributed by atoms with Crippen molar-refractivity contribution in [2.45, 2.75) is 57.5 Å². The van der Waals surface area contributed by atoms with E-state index in [2.05, 4.69) is 43.9 Å². The fraction of sp³-hybridized carbons (Fsp3) is 0.409. The first-order valence-corrected chi connectivity index (χ1v) is 13.1. The molecule has 6 nitrogen and oxygen atoms in total. The molecule has 0 radical (unpaired) electrons. The summed E-state index contributed by atoms with van der Waals surface area (Å²) in [5.74, 6) is -0.369. The Bertz CT molecular complexity index is 1170. The highest BCUT2D eigenvalue weighted by atomic mass is 28.4. The molecule has 0 aliphatic carbocycles. The number of halogens is 2. The summed E-state index contributed by atoms with van der Waals surface area (Å²) < 4.78 is 36.7. The van der Waals surface area contributed by atoms with E-state index in [9.17, 15) is 13.6 Å². The van der Waals surface area contributed by atoms with Gasteiger partial charge in [-0.1, -0.05) is 20.8 Å². The Morgan fingerprint density at radius 1 is 1.10 bits per heavy atom. The van der Waals surface area contributed by atoms with Crippen LogP contribution in [0.3, 0.4) is 0 Å². The topological polar surface area (TPSA) is 61.9 Å². The minimum absolute atomic E-state index is 0.0316. The summed E-state index contributed by atoms with van der Waals surface area (Å²) in [6, 6.07) is 6.50. The molecule has 2 aromatic heterocycles. The van der Waals surface area contributed by atoms with E-state index in [1.54, 1.807) is 10.8 Å². The maximum atomic E-state index is 13.9. The predicted molar refractivity (Wildman–Crippen MR) is 116 cm³/mol. The first-order valence-electron chi connectivity index (χ1n) is 10.2. The Balaban J connectivity index is 1.83. The third kappa shape index (κ3) is 3.87. The molecule has 0 bridgehead atoms. The highest BCUT2D eigenvalue weighted by Gasteiger charge is 2.45. The lowest BCUT2D eigenvalue weighted by molar-refractivity contribution is 0.176.